The Hall–Kier alpha value is -1.32. The second kappa shape index (κ2) is 4.66. The van der Waals surface area contributed by atoms with Gasteiger partial charge in [-0.1, -0.05) is 30.7 Å². The average Bonchev–Trinajstić information content (AvgIpc) is 2.67. The van der Waals surface area contributed by atoms with Crippen molar-refractivity contribution in [2.24, 2.45) is 5.73 Å². The Morgan fingerprint density at radius 2 is 2.00 bits per heavy atom. The van der Waals surface area contributed by atoms with Crippen molar-refractivity contribution in [1.82, 2.24) is 9.55 Å². The molecule has 0 spiro atoms. The van der Waals surface area contributed by atoms with Crippen molar-refractivity contribution in [2.75, 3.05) is 0 Å². The molecule has 0 fully saturated rings. The molecule has 0 saturated carbocycles. The minimum Gasteiger partial charge on any atom is -0.326 e. The molecule has 0 saturated heterocycles. The SMILES string of the molecule is Cc1nc2n(c1-c1ccc(Cl)cc1)CC(N)CC2C. The third-order valence-corrected chi connectivity index (χ3v) is 4.06. The molecule has 0 amide bonds. The van der Waals surface area contributed by atoms with Gasteiger partial charge < -0.3 is 10.3 Å². The largest absolute Gasteiger partial charge is 0.326 e. The quantitative estimate of drug-likeness (QED) is 0.867. The zero-order valence-electron chi connectivity index (χ0n) is 11.2. The highest BCUT2D eigenvalue weighted by atomic mass is 35.5. The average molecular weight is 276 g/mol. The summed E-state index contributed by atoms with van der Waals surface area (Å²) in [6.45, 7) is 5.11. The van der Waals surface area contributed by atoms with Crippen LogP contribution in [0.2, 0.25) is 5.02 Å². The molecule has 0 radical (unpaired) electrons. The van der Waals surface area contributed by atoms with E-state index in [9.17, 15) is 0 Å². The van der Waals surface area contributed by atoms with Gasteiger partial charge in [-0.3, -0.25) is 0 Å². The van der Waals surface area contributed by atoms with Crippen LogP contribution >= 0.6 is 11.6 Å². The molecule has 100 valence electrons. The van der Waals surface area contributed by atoms with Gasteiger partial charge in [0.1, 0.15) is 5.82 Å². The third kappa shape index (κ3) is 2.17. The van der Waals surface area contributed by atoms with Crippen LogP contribution in [-0.4, -0.2) is 15.6 Å². The van der Waals surface area contributed by atoms with Crippen LogP contribution in [0.15, 0.2) is 24.3 Å². The van der Waals surface area contributed by atoms with Gasteiger partial charge in [-0.15, -0.1) is 0 Å². The molecular weight excluding hydrogens is 258 g/mol. The smallest absolute Gasteiger partial charge is 0.112 e. The van der Waals surface area contributed by atoms with Crippen molar-refractivity contribution in [3.8, 4) is 11.3 Å². The molecule has 2 atom stereocenters. The van der Waals surface area contributed by atoms with E-state index in [1.807, 2.05) is 24.3 Å². The van der Waals surface area contributed by atoms with Gasteiger partial charge in [0.05, 0.1) is 11.4 Å². The number of benzene rings is 1. The number of nitrogens with zero attached hydrogens (tertiary/aromatic N) is 2. The molecule has 19 heavy (non-hydrogen) atoms. The Morgan fingerprint density at radius 1 is 1.32 bits per heavy atom. The Labute approximate surface area is 118 Å². The summed E-state index contributed by atoms with van der Waals surface area (Å²) in [6.07, 6.45) is 1.01. The van der Waals surface area contributed by atoms with Crippen molar-refractivity contribution in [3.63, 3.8) is 0 Å². The minimum absolute atomic E-state index is 0.210. The Morgan fingerprint density at radius 3 is 2.68 bits per heavy atom. The van der Waals surface area contributed by atoms with E-state index in [4.69, 9.17) is 22.3 Å². The van der Waals surface area contributed by atoms with Crippen LogP contribution in [0, 0.1) is 6.92 Å². The van der Waals surface area contributed by atoms with Crippen LogP contribution in [-0.2, 0) is 6.54 Å². The molecule has 3 rings (SSSR count). The zero-order valence-corrected chi connectivity index (χ0v) is 12.0. The lowest BCUT2D eigenvalue weighted by molar-refractivity contribution is 0.409. The molecule has 2 aromatic rings. The number of aryl methyl sites for hydroxylation is 1. The van der Waals surface area contributed by atoms with E-state index in [-0.39, 0.29) is 6.04 Å². The summed E-state index contributed by atoms with van der Waals surface area (Å²) in [6, 6.07) is 8.14. The summed E-state index contributed by atoms with van der Waals surface area (Å²) < 4.78 is 2.28. The highest BCUT2D eigenvalue weighted by molar-refractivity contribution is 6.30. The van der Waals surface area contributed by atoms with E-state index in [2.05, 4.69) is 18.4 Å². The first-order chi connectivity index (χ1) is 9.06. The van der Waals surface area contributed by atoms with Crippen LogP contribution in [0.5, 0.6) is 0 Å². The molecule has 1 aliphatic heterocycles. The predicted molar refractivity (Wildman–Crippen MR) is 78.4 cm³/mol. The number of imidazole rings is 1. The lowest BCUT2D eigenvalue weighted by Crippen LogP contribution is -2.33. The molecule has 1 aromatic carbocycles. The molecule has 4 heteroatoms. The Balaban J connectivity index is 2.14. The molecule has 0 bridgehead atoms. The fourth-order valence-corrected chi connectivity index (χ4v) is 3.12. The van der Waals surface area contributed by atoms with Crippen molar-refractivity contribution < 1.29 is 0 Å². The summed E-state index contributed by atoms with van der Waals surface area (Å²) in [4.78, 5) is 4.74. The minimum atomic E-state index is 0.210. The zero-order chi connectivity index (χ0) is 13.6. The maximum absolute atomic E-state index is 6.15. The molecule has 1 aromatic heterocycles. The van der Waals surface area contributed by atoms with E-state index in [1.54, 1.807) is 0 Å². The van der Waals surface area contributed by atoms with Crippen LogP contribution in [0.4, 0.5) is 0 Å². The monoisotopic (exact) mass is 275 g/mol. The normalized spacial score (nSPS) is 22.3. The lowest BCUT2D eigenvalue weighted by atomic mass is 9.97. The molecule has 2 unspecified atom stereocenters. The second-order valence-corrected chi connectivity index (χ2v) is 5.85. The summed E-state index contributed by atoms with van der Waals surface area (Å²) in [5, 5.41) is 0.754. The van der Waals surface area contributed by atoms with E-state index in [1.165, 1.54) is 5.69 Å². The lowest BCUT2D eigenvalue weighted by Gasteiger charge is -2.27. The summed E-state index contributed by atoms with van der Waals surface area (Å²) in [5.74, 6) is 1.58. The van der Waals surface area contributed by atoms with Crippen molar-refractivity contribution in [2.45, 2.75) is 38.8 Å². The maximum atomic E-state index is 6.15. The van der Waals surface area contributed by atoms with Crippen LogP contribution in [0.1, 0.15) is 30.8 Å². The topological polar surface area (TPSA) is 43.8 Å². The van der Waals surface area contributed by atoms with Gasteiger partial charge in [0, 0.05) is 29.1 Å². The van der Waals surface area contributed by atoms with Crippen LogP contribution in [0.3, 0.4) is 0 Å². The summed E-state index contributed by atoms with van der Waals surface area (Å²) in [7, 11) is 0. The first-order valence-corrected chi connectivity index (χ1v) is 7.02. The van der Waals surface area contributed by atoms with Gasteiger partial charge in [-0.2, -0.15) is 0 Å². The number of halogens is 1. The van der Waals surface area contributed by atoms with E-state index in [0.717, 1.165) is 35.1 Å². The van der Waals surface area contributed by atoms with E-state index >= 15 is 0 Å². The van der Waals surface area contributed by atoms with Gasteiger partial charge in [0.2, 0.25) is 0 Å². The van der Waals surface area contributed by atoms with E-state index in [0.29, 0.717) is 5.92 Å². The van der Waals surface area contributed by atoms with Crippen LogP contribution in [0.25, 0.3) is 11.3 Å². The fraction of sp³-hybridized carbons (Fsp3) is 0.400. The standard InChI is InChI=1S/C15H18ClN3/c1-9-7-13(17)8-19-14(10(2)18-15(9)19)11-3-5-12(16)6-4-11/h3-6,9,13H,7-8,17H2,1-2H3. The van der Waals surface area contributed by atoms with E-state index < -0.39 is 0 Å². The van der Waals surface area contributed by atoms with Gasteiger partial charge in [0.15, 0.2) is 0 Å². The number of aromatic nitrogens is 2. The van der Waals surface area contributed by atoms with Gasteiger partial charge in [-0.25, -0.2) is 4.98 Å². The Bertz CT molecular complexity index is 601. The number of fused-ring (bicyclic) bond motifs is 1. The van der Waals surface area contributed by atoms with Crippen molar-refractivity contribution in [1.29, 1.82) is 0 Å². The van der Waals surface area contributed by atoms with Crippen molar-refractivity contribution in [3.05, 3.63) is 40.8 Å². The Kier molecular flexibility index (Phi) is 3.11. The number of hydrogen-bond donors (Lipinski definition) is 1. The number of nitrogens with two attached hydrogens (primary N) is 1. The molecule has 2 N–H and O–H groups in total. The molecule has 1 aliphatic rings. The maximum Gasteiger partial charge on any atom is 0.112 e. The predicted octanol–water partition coefficient (Wildman–Crippen LogP) is 3.35. The van der Waals surface area contributed by atoms with Crippen LogP contribution < -0.4 is 5.73 Å². The van der Waals surface area contributed by atoms with Gasteiger partial charge in [0.25, 0.3) is 0 Å². The van der Waals surface area contributed by atoms with Gasteiger partial charge >= 0.3 is 0 Å². The fourth-order valence-electron chi connectivity index (χ4n) is 3.00. The molecule has 3 nitrogen and oxygen atoms in total. The first kappa shape index (κ1) is 12.7. The summed E-state index contributed by atoms with van der Waals surface area (Å²) in [5.41, 5.74) is 9.55. The second-order valence-electron chi connectivity index (χ2n) is 5.42. The highest BCUT2D eigenvalue weighted by Crippen LogP contribution is 2.33. The first-order valence-electron chi connectivity index (χ1n) is 6.65. The molecule has 0 aliphatic carbocycles. The molecular formula is C15H18ClN3. The summed E-state index contributed by atoms with van der Waals surface area (Å²) >= 11 is 5.96. The van der Waals surface area contributed by atoms with Crippen molar-refractivity contribution >= 4 is 11.6 Å². The number of rotatable bonds is 1. The molecule has 2 heterocycles. The third-order valence-electron chi connectivity index (χ3n) is 3.80. The van der Waals surface area contributed by atoms with Gasteiger partial charge in [-0.05, 0) is 25.5 Å². The number of hydrogen-bond acceptors (Lipinski definition) is 2. The highest BCUT2D eigenvalue weighted by Gasteiger charge is 2.27.